The molecule has 1 saturated heterocycles. The van der Waals surface area contributed by atoms with Crippen molar-refractivity contribution in [3.8, 4) is 0 Å². The Labute approximate surface area is 239 Å². The molecule has 13 nitrogen and oxygen atoms in total. The summed E-state index contributed by atoms with van der Waals surface area (Å²) < 4.78 is 5.34. The minimum Gasteiger partial charge on any atom is -0.444 e. The molecule has 1 fully saturated rings. The lowest BCUT2D eigenvalue weighted by Crippen LogP contribution is -2.54. The van der Waals surface area contributed by atoms with Gasteiger partial charge in [0.15, 0.2) is 0 Å². The van der Waals surface area contributed by atoms with E-state index in [1.54, 1.807) is 16.1 Å². The van der Waals surface area contributed by atoms with E-state index < -0.39 is 11.6 Å². The molecule has 2 aromatic heterocycles. The topological polar surface area (TPSA) is 182 Å². The summed E-state index contributed by atoms with van der Waals surface area (Å²) >= 11 is 1.27. The molecule has 3 rings (SSSR count). The summed E-state index contributed by atoms with van der Waals surface area (Å²) in [5.74, 6) is 5.69. The maximum Gasteiger partial charge on any atom is 0.410 e. The molecular formula is C26H41N9O4S. The monoisotopic (exact) mass is 575 g/mol. The van der Waals surface area contributed by atoms with Crippen LogP contribution in [-0.2, 0) is 22.5 Å². The Kier molecular flexibility index (Phi) is 11.3. The highest BCUT2D eigenvalue weighted by Gasteiger charge is 2.34. The third kappa shape index (κ3) is 10.4. The smallest absolute Gasteiger partial charge is 0.410 e. The number of likely N-dealkylation sites (tertiary alicyclic amines) is 1. The van der Waals surface area contributed by atoms with Gasteiger partial charge in [-0.1, -0.05) is 17.4 Å². The summed E-state index contributed by atoms with van der Waals surface area (Å²) in [5, 5.41) is 16.4. The van der Waals surface area contributed by atoms with Crippen molar-refractivity contribution in [3.05, 3.63) is 39.6 Å². The molecule has 3 heterocycles. The zero-order valence-corrected chi connectivity index (χ0v) is 24.5. The second kappa shape index (κ2) is 14.4. The van der Waals surface area contributed by atoms with Gasteiger partial charge in [0.05, 0.1) is 6.04 Å². The number of nitrogens with one attached hydrogen (secondary N) is 2. The largest absolute Gasteiger partial charge is 0.444 e. The fourth-order valence-electron chi connectivity index (χ4n) is 3.87. The van der Waals surface area contributed by atoms with Crippen LogP contribution in [0.5, 0.6) is 0 Å². The number of amides is 3. The molecule has 0 bridgehead atoms. The molecule has 1 unspecified atom stereocenters. The number of aromatic nitrogens is 3. The molecule has 0 aliphatic carbocycles. The molecule has 14 heteroatoms. The number of hydrazine groups is 1. The number of aryl methyl sites for hydroxylation is 2. The first-order valence-corrected chi connectivity index (χ1v) is 14.2. The SMILES string of the molecule is Cc1ccc(CNC(=O)C(N)CN(N)CCCCc2nnc(C(=O)NCC3CN(C(=O)OC(C)(C)C)C3)s2)cn1. The number of carbonyl (C=O) groups is 3. The van der Waals surface area contributed by atoms with Crippen molar-refractivity contribution in [2.24, 2.45) is 17.5 Å². The number of nitrogens with zero attached hydrogens (tertiary/aromatic N) is 5. The van der Waals surface area contributed by atoms with E-state index in [4.69, 9.17) is 16.3 Å². The predicted octanol–water partition coefficient (Wildman–Crippen LogP) is 0.980. The molecule has 0 spiro atoms. The van der Waals surface area contributed by atoms with Crippen LogP contribution in [0.25, 0.3) is 0 Å². The Morgan fingerprint density at radius 3 is 2.62 bits per heavy atom. The Balaban J connectivity index is 1.26. The van der Waals surface area contributed by atoms with Crippen molar-refractivity contribution < 1.29 is 19.1 Å². The fraction of sp³-hybridized carbons (Fsp3) is 0.615. The van der Waals surface area contributed by atoms with Crippen LogP contribution in [-0.4, -0.2) is 87.4 Å². The van der Waals surface area contributed by atoms with E-state index in [0.29, 0.717) is 44.2 Å². The second-order valence-electron chi connectivity index (χ2n) is 11.0. The molecule has 0 radical (unpaired) electrons. The number of rotatable bonds is 13. The average Bonchev–Trinajstić information content (AvgIpc) is 3.33. The summed E-state index contributed by atoms with van der Waals surface area (Å²) in [6, 6.07) is 3.06. The number of ether oxygens (including phenoxy) is 1. The average molecular weight is 576 g/mol. The molecule has 3 amide bonds. The van der Waals surface area contributed by atoms with Crippen LogP contribution in [0.2, 0.25) is 0 Å². The number of pyridine rings is 1. The highest BCUT2D eigenvalue weighted by atomic mass is 32.1. The van der Waals surface area contributed by atoms with E-state index in [9.17, 15) is 14.4 Å². The standard InChI is InChI=1S/C26H41N9O4S/c1-17-8-9-18(11-29-17)12-30-22(36)20(27)16-35(28)10-6-5-7-21-32-33-24(40-21)23(37)31-13-19-14-34(15-19)25(38)39-26(2,3)4/h8-9,11,19-20H,5-7,10,12-16,27-28H2,1-4H3,(H,30,36)(H,31,37). The van der Waals surface area contributed by atoms with Crippen molar-refractivity contribution in [1.29, 1.82) is 0 Å². The lowest BCUT2D eigenvalue weighted by molar-refractivity contribution is -0.123. The Morgan fingerprint density at radius 1 is 1.20 bits per heavy atom. The fourth-order valence-corrected chi connectivity index (χ4v) is 4.67. The van der Waals surface area contributed by atoms with E-state index in [-0.39, 0.29) is 30.4 Å². The van der Waals surface area contributed by atoms with Crippen LogP contribution >= 0.6 is 11.3 Å². The molecule has 1 atom stereocenters. The van der Waals surface area contributed by atoms with Gasteiger partial charge in [0.2, 0.25) is 10.9 Å². The zero-order chi connectivity index (χ0) is 29.3. The molecule has 1 aliphatic rings. The van der Waals surface area contributed by atoms with Crippen LogP contribution in [0, 0.1) is 12.8 Å². The van der Waals surface area contributed by atoms with Gasteiger partial charge in [-0.25, -0.2) is 9.80 Å². The van der Waals surface area contributed by atoms with Gasteiger partial charge in [-0.2, -0.15) is 0 Å². The first-order valence-electron chi connectivity index (χ1n) is 13.4. The van der Waals surface area contributed by atoms with E-state index in [1.165, 1.54) is 11.3 Å². The molecular weight excluding hydrogens is 534 g/mol. The van der Waals surface area contributed by atoms with E-state index in [1.807, 2.05) is 39.8 Å². The van der Waals surface area contributed by atoms with Crippen LogP contribution in [0.3, 0.4) is 0 Å². The Bertz CT molecular complexity index is 1130. The number of carbonyl (C=O) groups excluding carboxylic acids is 3. The summed E-state index contributed by atoms with van der Waals surface area (Å²) in [5.41, 5.74) is 7.29. The second-order valence-corrected chi connectivity index (χ2v) is 12.1. The maximum absolute atomic E-state index is 12.4. The highest BCUT2D eigenvalue weighted by molar-refractivity contribution is 7.13. The van der Waals surface area contributed by atoms with Crippen molar-refractivity contribution in [1.82, 2.24) is 35.7 Å². The zero-order valence-electron chi connectivity index (χ0n) is 23.7. The van der Waals surface area contributed by atoms with Crippen LogP contribution in [0.1, 0.15) is 59.7 Å². The molecule has 6 N–H and O–H groups in total. The normalized spacial score (nSPS) is 14.5. The minimum absolute atomic E-state index is 0.188. The summed E-state index contributed by atoms with van der Waals surface area (Å²) in [6.07, 6.45) is 3.64. The molecule has 2 aromatic rings. The summed E-state index contributed by atoms with van der Waals surface area (Å²) in [6.45, 7) is 10.1. The highest BCUT2D eigenvalue weighted by Crippen LogP contribution is 2.19. The van der Waals surface area contributed by atoms with E-state index >= 15 is 0 Å². The van der Waals surface area contributed by atoms with Crippen LogP contribution in [0.4, 0.5) is 4.79 Å². The maximum atomic E-state index is 12.4. The molecule has 0 saturated carbocycles. The quantitative estimate of drug-likeness (QED) is 0.153. The van der Waals surface area contributed by atoms with Gasteiger partial charge in [0.1, 0.15) is 10.6 Å². The third-order valence-corrected chi connectivity index (χ3v) is 7.10. The number of unbranched alkanes of at least 4 members (excludes halogenated alkanes) is 1. The number of nitrogens with two attached hydrogens (primary N) is 2. The summed E-state index contributed by atoms with van der Waals surface area (Å²) in [7, 11) is 0. The predicted molar refractivity (Wildman–Crippen MR) is 151 cm³/mol. The van der Waals surface area contributed by atoms with Gasteiger partial charge < -0.3 is 26.0 Å². The molecule has 220 valence electrons. The van der Waals surface area contributed by atoms with Crippen molar-refractivity contribution in [2.45, 2.75) is 65.1 Å². The Morgan fingerprint density at radius 2 is 1.95 bits per heavy atom. The lowest BCUT2D eigenvalue weighted by Gasteiger charge is -2.39. The summed E-state index contributed by atoms with van der Waals surface area (Å²) in [4.78, 5) is 42.6. The van der Waals surface area contributed by atoms with E-state index in [2.05, 4.69) is 25.8 Å². The van der Waals surface area contributed by atoms with Gasteiger partial charge in [-0.05, 0) is 52.2 Å². The van der Waals surface area contributed by atoms with Crippen molar-refractivity contribution in [3.63, 3.8) is 0 Å². The number of hydrogen-bond donors (Lipinski definition) is 4. The van der Waals surface area contributed by atoms with Gasteiger partial charge in [0.25, 0.3) is 5.91 Å². The van der Waals surface area contributed by atoms with Gasteiger partial charge in [0, 0.05) is 63.5 Å². The molecule has 1 aliphatic heterocycles. The first-order chi connectivity index (χ1) is 18.9. The minimum atomic E-state index is -0.743. The van der Waals surface area contributed by atoms with Gasteiger partial charge in [-0.3, -0.25) is 20.4 Å². The molecule has 40 heavy (non-hydrogen) atoms. The van der Waals surface area contributed by atoms with Crippen LogP contribution in [0.15, 0.2) is 18.3 Å². The molecule has 0 aromatic carbocycles. The Hall–Kier alpha value is -3.20. The van der Waals surface area contributed by atoms with Gasteiger partial charge >= 0.3 is 6.09 Å². The van der Waals surface area contributed by atoms with E-state index in [0.717, 1.165) is 29.1 Å². The van der Waals surface area contributed by atoms with Gasteiger partial charge in [-0.15, -0.1) is 10.2 Å². The number of hydrogen-bond acceptors (Lipinski definition) is 11. The lowest BCUT2D eigenvalue weighted by atomic mass is 10.0. The first kappa shape index (κ1) is 31.3. The van der Waals surface area contributed by atoms with Crippen molar-refractivity contribution in [2.75, 3.05) is 32.7 Å². The van der Waals surface area contributed by atoms with Crippen molar-refractivity contribution >= 4 is 29.2 Å². The van der Waals surface area contributed by atoms with Crippen LogP contribution < -0.4 is 22.2 Å². The third-order valence-electron chi connectivity index (χ3n) is 6.11.